The summed E-state index contributed by atoms with van der Waals surface area (Å²) in [6, 6.07) is 9.18. The van der Waals surface area contributed by atoms with E-state index < -0.39 is 5.82 Å². The molecule has 0 radical (unpaired) electrons. The number of halogens is 1. The molecule has 0 fully saturated rings. The molecule has 1 atom stereocenters. The summed E-state index contributed by atoms with van der Waals surface area (Å²) in [4.78, 5) is 8.52. The van der Waals surface area contributed by atoms with Gasteiger partial charge in [-0.1, -0.05) is 18.2 Å². The molecule has 2 heterocycles. The van der Waals surface area contributed by atoms with Gasteiger partial charge in [0.1, 0.15) is 17.9 Å². The summed E-state index contributed by atoms with van der Waals surface area (Å²) >= 11 is 0. The van der Waals surface area contributed by atoms with Gasteiger partial charge in [0, 0.05) is 23.4 Å². The van der Waals surface area contributed by atoms with Gasteiger partial charge in [-0.25, -0.2) is 14.4 Å². The molecule has 5 nitrogen and oxygen atoms in total. The average molecular weight is 339 g/mol. The highest BCUT2D eigenvalue weighted by Crippen LogP contribution is 2.37. The molecule has 4 rings (SSSR count). The minimum absolute atomic E-state index is 0.0674. The Bertz CT molecular complexity index is 945. The van der Waals surface area contributed by atoms with Crippen LogP contribution in [-0.2, 0) is 0 Å². The Hall–Kier alpha value is -2.89. The lowest BCUT2D eigenvalue weighted by atomic mass is 9.98. The Kier molecular flexibility index (Phi) is 3.87. The third-order valence-electron chi connectivity index (χ3n) is 4.49. The highest BCUT2D eigenvalue weighted by molar-refractivity contribution is 5.90. The summed E-state index contributed by atoms with van der Waals surface area (Å²) in [7, 11) is 1.44. The maximum atomic E-state index is 13.9. The molecule has 1 aromatic heterocycles. The van der Waals surface area contributed by atoms with Crippen LogP contribution in [0.5, 0.6) is 11.5 Å². The van der Waals surface area contributed by atoms with E-state index in [1.165, 1.54) is 19.5 Å². The molecule has 0 spiro atoms. The van der Waals surface area contributed by atoms with Crippen LogP contribution in [0, 0.1) is 12.7 Å². The minimum Gasteiger partial charge on any atom is -0.494 e. The lowest BCUT2D eigenvalue weighted by Crippen LogP contribution is -2.21. The van der Waals surface area contributed by atoms with Crippen molar-refractivity contribution in [2.24, 2.45) is 0 Å². The predicted molar refractivity (Wildman–Crippen MR) is 93.7 cm³/mol. The molecule has 0 bridgehead atoms. The molecule has 0 saturated carbocycles. The van der Waals surface area contributed by atoms with E-state index in [9.17, 15) is 4.39 Å². The zero-order valence-corrected chi connectivity index (χ0v) is 14.0. The van der Waals surface area contributed by atoms with Crippen LogP contribution in [0.3, 0.4) is 0 Å². The summed E-state index contributed by atoms with van der Waals surface area (Å²) in [5, 5.41) is 4.19. The number of methoxy groups -OCH3 is 1. The van der Waals surface area contributed by atoms with Crippen molar-refractivity contribution in [2.45, 2.75) is 19.4 Å². The van der Waals surface area contributed by atoms with Gasteiger partial charge in [0.05, 0.1) is 25.3 Å². The lowest BCUT2D eigenvalue weighted by molar-refractivity contribution is 0.272. The Labute approximate surface area is 144 Å². The lowest BCUT2D eigenvalue weighted by Gasteiger charge is -2.28. The van der Waals surface area contributed by atoms with E-state index in [0.717, 1.165) is 28.7 Å². The molecule has 128 valence electrons. The number of benzene rings is 2. The number of ether oxygens (including phenoxy) is 2. The van der Waals surface area contributed by atoms with Crippen LogP contribution >= 0.6 is 0 Å². The second-order valence-electron chi connectivity index (χ2n) is 6.05. The fourth-order valence-corrected chi connectivity index (χ4v) is 3.23. The molecule has 1 aliphatic heterocycles. The SMILES string of the molecule is COc1cc2c(N[C@@H]3CCOc4c(C)cccc43)ncnc2cc1F. The Morgan fingerprint density at radius 2 is 2.16 bits per heavy atom. The smallest absolute Gasteiger partial charge is 0.167 e. The Morgan fingerprint density at radius 1 is 1.28 bits per heavy atom. The first-order chi connectivity index (χ1) is 12.2. The Balaban J connectivity index is 1.76. The van der Waals surface area contributed by atoms with Crippen LogP contribution in [0.4, 0.5) is 10.2 Å². The van der Waals surface area contributed by atoms with E-state index in [0.29, 0.717) is 17.9 Å². The van der Waals surface area contributed by atoms with E-state index in [2.05, 4.69) is 21.4 Å². The van der Waals surface area contributed by atoms with Crippen LogP contribution in [-0.4, -0.2) is 23.7 Å². The molecule has 0 unspecified atom stereocenters. The zero-order valence-electron chi connectivity index (χ0n) is 14.0. The van der Waals surface area contributed by atoms with Crippen LogP contribution in [0.2, 0.25) is 0 Å². The number of rotatable bonds is 3. The van der Waals surface area contributed by atoms with E-state index in [1.807, 2.05) is 19.1 Å². The number of hydrogen-bond acceptors (Lipinski definition) is 5. The minimum atomic E-state index is -0.438. The van der Waals surface area contributed by atoms with E-state index in [4.69, 9.17) is 9.47 Å². The first-order valence-corrected chi connectivity index (χ1v) is 8.14. The van der Waals surface area contributed by atoms with E-state index in [1.54, 1.807) is 6.07 Å². The first-order valence-electron chi connectivity index (χ1n) is 8.14. The number of nitrogens with zero attached hydrogens (tertiary/aromatic N) is 2. The molecular formula is C19H18FN3O2. The molecule has 1 N–H and O–H groups in total. The molecule has 6 heteroatoms. The van der Waals surface area contributed by atoms with Crippen molar-refractivity contribution < 1.29 is 13.9 Å². The molecule has 2 aromatic carbocycles. The van der Waals surface area contributed by atoms with Gasteiger partial charge in [-0.2, -0.15) is 0 Å². The number of aryl methyl sites for hydroxylation is 1. The maximum Gasteiger partial charge on any atom is 0.167 e. The number of anilines is 1. The summed E-state index contributed by atoms with van der Waals surface area (Å²) < 4.78 is 24.8. The second kappa shape index (κ2) is 6.20. The van der Waals surface area contributed by atoms with Gasteiger partial charge >= 0.3 is 0 Å². The summed E-state index contributed by atoms with van der Waals surface area (Å²) in [6.45, 7) is 2.67. The van der Waals surface area contributed by atoms with Crippen molar-refractivity contribution in [1.29, 1.82) is 0 Å². The van der Waals surface area contributed by atoms with E-state index in [-0.39, 0.29) is 11.8 Å². The molecule has 25 heavy (non-hydrogen) atoms. The highest BCUT2D eigenvalue weighted by atomic mass is 19.1. The van der Waals surface area contributed by atoms with Crippen molar-refractivity contribution in [2.75, 3.05) is 19.0 Å². The van der Waals surface area contributed by atoms with Crippen molar-refractivity contribution in [3.8, 4) is 11.5 Å². The van der Waals surface area contributed by atoms with Crippen LogP contribution in [0.15, 0.2) is 36.7 Å². The number of fused-ring (bicyclic) bond motifs is 2. The van der Waals surface area contributed by atoms with Crippen molar-refractivity contribution in [3.63, 3.8) is 0 Å². The standard InChI is InChI=1S/C19H18FN3O2/c1-11-4-3-5-12-15(6-7-25-18(11)12)23-19-13-8-17(24-2)14(20)9-16(13)21-10-22-19/h3-5,8-10,15H,6-7H2,1-2H3,(H,21,22,23)/t15-/m1/s1. The number of para-hydroxylation sites is 1. The third-order valence-corrected chi connectivity index (χ3v) is 4.49. The maximum absolute atomic E-state index is 13.9. The Morgan fingerprint density at radius 3 is 3.00 bits per heavy atom. The van der Waals surface area contributed by atoms with Crippen LogP contribution in [0.1, 0.15) is 23.6 Å². The number of nitrogens with one attached hydrogen (secondary N) is 1. The van der Waals surface area contributed by atoms with Gasteiger partial charge < -0.3 is 14.8 Å². The summed E-state index contributed by atoms with van der Waals surface area (Å²) in [5.74, 6) is 1.32. The topological polar surface area (TPSA) is 56.3 Å². The largest absolute Gasteiger partial charge is 0.494 e. The fourth-order valence-electron chi connectivity index (χ4n) is 3.23. The molecule has 1 aliphatic rings. The van der Waals surface area contributed by atoms with Crippen LogP contribution in [0.25, 0.3) is 10.9 Å². The van der Waals surface area contributed by atoms with Gasteiger partial charge in [0.15, 0.2) is 11.6 Å². The van der Waals surface area contributed by atoms with Gasteiger partial charge in [-0.3, -0.25) is 0 Å². The predicted octanol–water partition coefficient (Wildman–Crippen LogP) is 4.02. The van der Waals surface area contributed by atoms with Gasteiger partial charge in [-0.05, 0) is 18.6 Å². The fraction of sp³-hybridized carbons (Fsp3) is 0.263. The highest BCUT2D eigenvalue weighted by Gasteiger charge is 2.23. The van der Waals surface area contributed by atoms with Crippen molar-refractivity contribution in [3.05, 3.63) is 53.6 Å². The van der Waals surface area contributed by atoms with Gasteiger partial charge in [0.2, 0.25) is 0 Å². The monoisotopic (exact) mass is 339 g/mol. The van der Waals surface area contributed by atoms with Crippen molar-refractivity contribution in [1.82, 2.24) is 9.97 Å². The average Bonchev–Trinajstić information content (AvgIpc) is 2.62. The molecule has 3 aromatic rings. The van der Waals surface area contributed by atoms with Crippen molar-refractivity contribution >= 4 is 16.7 Å². The first kappa shape index (κ1) is 15.6. The number of aromatic nitrogens is 2. The van der Waals surface area contributed by atoms with Gasteiger partial charge in [-0.15, -0.1) is 0 Å². The second-order valence-corrected chi connectivity index (χ2v) is 6.05. The zero-order chi connectivity index (χ0) is 17.4. The normalized spacial score (nSPS) is 16.2. The van der Waals surface area contributed by atoms with Crippen LogP contribution < -0.4 is 14.8 Å². The van der Waals surface area contributed by atoms with Gasteiger partial charge in [0.25, 0.3) is 0 Å². The quantitative estimate of drug-likeness (QED) is 0.781. The summed E-state index contributed by atoms with van der Waals surface area (Å²) in [6.07, 6.45) is 2.26. The molecule has 0 amide bonds. The molecule has 0 saturated heterocycles. The molecule has 0 aliphatic carbocycles. The molecular weight excluding hydrogens is 321 g/mol. The summed E-state index contributed by atoms with van der Waals surface area (Å²) in [5.41, 5.74) is 2.75. The number of hydrogen-bond donors (Lipinski definition) is 1. The van der Waals surface area contributed by atoms with E-state index >= 15 is 0 Å². The third kappa shape index (κ3) is 2.73.